The molecular formula is C18H19BrF3N3O. The molecule has 26 heavy (non-hydrogen) atoms. The van der Waals surface area contributed by atoms with Crippen LogP contribution in [0.15, 0.2) is 41.0 Å². The minimum atomic E-state index is -4.36. The molecule has 1 fully saturated rings. The largest absolute Gasteiger partial charge is 0.508 e. The number of hydrogen-bond donors (Lipinski definition) is 2. The van der Waals surface area contributed by atoms with Crippen molar-refractivity contribution >= 4 is 21.7 Å². The Bertz CT molecular complexity index is 744. The van der Waals surface area contributed by atoms with Gasteiger partial charge in [0.1, 0.15) is 11.6 Å². The molecule has 0 aliphatic carbocycles. The maximum Gasteiger partial charge on any atom is 0.417 e. The second-order valence-corrected chi connectivity index (χ2v) is 7.23. The first-order chi connectivity index (χ1) is 12.3. The number of nitrogens with zero attached hydrogens (tertiary/aromatic N) is 2. The molecule has 3 rings (SSSR count). The van der Waals surface area contributed by atoms with Gasteiger partial charge in [-0.2, -0.15) is 13.2 Å². The summed E-state index contributed by atoms with van der Waals surface area (Å²) in [6.45, 7) is 2.01. The molecule has 0 amide bonds. The van der Waals surface area contributed by atoms with Gasteiger partial charge in [0.25, 0.3) is 0 Å². The predicted octanol–water partition coefficient (Wildman–Crippen LogP) is 4.33. The van der Waals surface area contributed by atoms with Gasteiger partial charge in [-0.3, -0.25) is 0 Å². The van der Waals surface area contributed by atoms with Gasteiger partial charge in [-0.1, -0.05) is 15.9 Å². The average molecular weight is 430 g/mol. The Morgan fingerprint density at radius 3 is 2.54 bits per heavy atom. The molecular weight excluding hydrogens is 411 g/mol. The summed E-state index contributed by atoms with van der Waals surface area (Å²) in [6, 6.07) is 8.11. The maximum atomic E-state index is 12.6. The monoisotopic (exact) mass is 429 g/mol. The molecule has 0 spiro atoms. The molecule has 8 heteroatoms. The summed E-state index contributed by atoms with van der Waals surface area (Å²) < 4.78 is 38.7. The zero-order valence-electron chi connectivity index (χ0n) is 13.9. The molecule has 1 aromatic carbocycles. The number of hydrogen-bond acceptors (Lipinski definition) is 4. The standard InChI is InChI=1S/C18H19BrF3N3O/c19-14-2-3-16(26)12(9-14)10-23-15-5-7-25(8-6-15)17-4-1-13(11-24-17)18(20,21)22/h1-4,9,11,15,23,26H,5-8,10H2. The van der Waals surface area contributed by atoms with E-state index in [2.05, 4.69) is 26.2 Å². The van der Waals surface area contributed by atoms with Crippen LogP contribution in [0.25, 0.3) is 0 Å². The van der Waals surface area contributed by atoms with Crippen molar-refractivity contribution in [3.63, 3.8) is 0 Å². The Hall–Kier alpha value is -1.80. The van der Waals surface area contributed by atoms with E-state index in [0.717, 1.165) is 48.2 Å². The SMILES string of the molecule is Oc1ccc(Br)cc1CNC1CCN(c2ccc(C(F)(F)F)cn2)CC1. The van der Waals surface area contributed by atoms with Crippen molar-refractivity contribution in [1.82, 2.24) is 10.3 Å². The minimum absolute atomic E-state index is 0.257. The van der Waals surface area contributed by atoms with Gasteiger partial charge < -0.3 is 15.3 Å². The summed E-state index contributed by atoms with van der Waals surface area (Å²) in [6.07, 6.45) is -1.76. The first-order valence-electron chi connectivity index (χ1n) is 8.32. The van der Waals surface area contributed by atoms with Gasteiger partial charge in [0.15, 0.2) is 0 Å². The van der Waals surface area contributed by atoms with Gasteiger partial charge >= 0.3 is 6.18 Å². The number of halogens is 4. The lowest BCUT2D eigenvalue weighted by molar-refractivity contribution is -0.137. The van der Waals surface area contributed by atoms with Gasteiger partial charge in [-0.25, -0.2) is 4.98 Å². The number of pyridine rings is 1. The van der Waals surface area contributed by atoms with Crippen molar-refractivity contribution in [3.8, 4) is 5.75 Å². The average Bonchev–Trinajstić information content (AvgIpc) is 2.62. The molecule has 1 aliphatic heterocycles. The van der Waals surface area contributed by atoms with Gasteiger partial charge in [-0.15, -0.1) is 0 Å². The fraction of sp³-hybridized carbons (Fsp3) is 0.389. The van der Waals surface area contributed by atoms with Crippen LogP contribution in [-0.4, -0.2) is 29.2 Å². The van der Waals surface area contributed by atoms with E-state index in [1.54, 1.807) is 12.1 Å². The Balaban J connectivity index is 1.52. The van der Waals surface area contributed by atoms with Crippen LogP contribution in [0.2, 0.25) is 0 Å². The second-order valence-electron chi connectivity index (χ2n) is 6.32. The number of benzene rings is 1. The molecule has 0 atom stereocenters. The summed E-state index contributed by atoms with van der Waals surface area (Å²) in [5, 5.41) is 13.3. The zero-order chi connectivity index (χ0) is 18.7. The van der Waals surface area contributed by atoms with Crippen molar-refractivity contribution in [1.29, 1.82) is 0 Å². The number of anilines is 1. The Morgan fingerprint density at radius 1 is 1.19 bits per heavy atom. The lowest BCUT2D eigenvalue weighted by Crippen LogP contribution is -2.42. The molecule has 2 N–H and O–H groups in total. The van der Waals surface area contributed by atoms with E-state index >= 15 is 0 Å². The molecule has 0 saturated carbocycles. The van der Waals surface area contributed by atoms with Crippen molar-refractivity contribution < 1.29 is 18.3 Å². The molecule has 0 radical (unpaired) electrons. The molecule has 0 unspecified atom stereocenters. The zero-order valence-corrected chi connectivity index (χ0v) is 15.5. The van der Waals surface area contributed by atoms with Crippen LogP contribution in [0.4, 0.5) is 19.0 Å². The van der Waals surface area contributed by atoms with E-state index in [4.69, 9.17) is 0 Å². The smallest absolute Gasteiger partial charge is 0.417 e. The minimum Gasteiger partial charge on any atom is -0.508 e. The van der Waals surface area contributed by atoms with E-state index in [-0.39, 0.29) is 5.75 Å². The quantitative estimate of drug-likeness (QED) is 0.759. The summed E-state index contributed by atoms with van der Waals surface area (Å²) >= 11 is 3.39. The number of alkyl halides is 3. The topological polar surface area (TPSA) is 48.4 Å². The highest BCUT2D eigenvalue weighted by molar-refractivity contribution is 9.10. The van der Waals surface area contributed by atoms with Crippen molar-refractivity contribution in [2.75, 3.05) is 18.0 Å². The number of phenols is 1. The molecule has 140 valence electrons. The van der Waals surface area contributed by atoms with E-state index < -0.39 is 11.7 Å². The van der Waals surface area contributed by atoms with E-state index in [1.165, 1.54) is 6.07 Å². The van der Waals surface area contributed by atoms with Crippen LogP contribution >= 0.6 is 15.9 Å². The summed E-state index contributed by atoms with van der Waals surface area (Å²) in [5.74, 6) is 0.827. The number of nitrogens with one attached hydrogen (secondary N) is 1. The predicted molar refractivity (Wildman–Crippen MR) is 97.1 cm³/mol. The third-order valence-corrected chi connectivity index (χ3v) is 5.01. The van der Waals surface area contributed by atoms with E-state index in [0.29, 0.717) is 18.4 Å². The van der Waals surface area contributed by atoms with Crippen LogP contribution in [0.3, 0.4) is 0 Å². The van der Waals surface area contributed by atoms with E-state index in [9.17, 15) is 18.3 Å². The van der Waals surface area contributed by atoms with E-state index in [1.807, 2.05) is 11.0 Å². The highest BCUT2D eigenvalue weighted by Crippen LogP contribution is 2.30. The first-order valence-corrected chi connectivity index (χ1v) is 9.11. The third kappa shape index (κ3) is 4.67. The molecule has 2 aromatic rings. The number of phenolic OH excluding ortho intramolecular Hbond substituents is 1. The number of aromatic hydroxyl groups is 1. The lowest BCUT2D eigenvalue weighted by atomic mass is 10.0. The van der Waals surface area contributed by atoms with Gasteiger partial charge in [-0.05, 0) is 43.2 Å². The Labute approximate surface area is 158 Å². The molecule has 1 aromatic heterocycles. The van der Waals surface area contributed by atoms with Crippen molar-refractivity contribution in [2.24, 2.45) is 0 Å². The van der Waals surface area contributed by atoms with Crippen molar-refractivity contribution in [3.05, 3.63) is 52.1 Å². The van der Waals surface area contributed by atoms with Crippen LogP contribution in [0, 0.1) is 0 Å². The molecule has 0 bridgehead atoms. The van der Waals surface area contributed by atoms with Gasteiger partial charge in [0.2, 0.25) is 0 Å². The fourth-order valence-corrected chi connectivity index (χ4v) is 3.41. The normalized spacial score (nSPS) is 16.1. The highest BCUT2D eigenvalue weighted by Gasteiger charge is 2.31. The summed E-state index contributed by atoms with van der Waals surface area (Å²) in [7, 11) is 0. The molecule has 1 saturated heterocycles. The Kier molecular flexibility index (Phi) is 5.72. The molecule has 4 nitrogen and oxygen atoms in total. The molecule has 2 heterocycles. The third-order valence-electron chi connectivity index (χ3n) is 4.52. The Morgan fingerprint density at radius 2 is 1.92 bits per heavy atom. The van der Waals surface area contributed by atoms with Crippen LogP contribution < -0.4 is 10.2 Å². The summed E-state index contributed by atoms with van der Waals surface area (Å²) in [4.78, 5) is 5.95. The van der Waals surface area contributed by atoms with Gasteiger partial charge in [0.05, 0.1) is 5.56 Å². The van der Waals surface area contributed by atoms with Gasteiger partial charge in [0, 0.05) is 41.9 Å². The maximum absolute atomic E-state index is 12.6. The highest BCUT2D eigenvalue weighted by atomic mass is 79.9. The van der Waals surface area contributed by atoms with Crippen molar-refractivity contribution in [2.45, 2.75) is 31.6 Å². The summed E-state index contributed by atoms with van der Waals surface area (Å²) in [5.41, 5.74) is 0.0952. The van der Waals surface area contributed by atoms with Crippen LogP contribution in [0.1, 0.15) is 24.0 Å². The lowest BCUT2D eigenvalue weighted by Gasteiger charge is -2.33. The first kappa shape index (κ1) is 19.0. The van der Waals surface area contributed by atoms with Crippen LogP contribution in [-0.2, 0) is 12.7 Å². The number of rotatable bonds is 4. The number of piperidine rings is 1. The molecule has 1 aliphatic rings. The second kappa shape index (κ2) is 7.84. The fourth-order valence-electron chi connectivity index (χ4n) is 3.00. The number of aromatic nitrogens is 1. The van der Waals surface area contributed by atoms with Crippen LogP contribution in [0.5, 0.6) is 5.75 Å².